The van der Waals surface area contributed by atoms with Crippen molar-refractivity contribution in [2.75, 3.05) is 19.5 Å². The quantitative estimate of drug-likeness (QED) is 0.285. The number of alkyl halides is 2. The molecule has 0 bridgehead atoms. The zero-order chi connectivity index (χ0) is 27.8. The van der Waals surface area contributed by atoms with Gasteiger partial charge < -0.3 is 19.6 Å². The number of hydrogen-bond donors (Lipinski definition) is 3. The van der Waals surface area contributed by atoms with Crippen molar-refractivity contribution >= 4 is 41.4 Å². The van der Waals surface area contributed by atoms with Crippen LogP contribution in [0, 0.1) is 6.92 Å². The molecular weight excluding hydrogens is 532 g/mol. The second-order valence-electron chi connectivity index (χ2n) is 7.17. The summed E-state index contributed by atoms with van der Waals surface area (Å²) in [5.41, 5.74) is 4.62. The maximum atomic E-state index is 13.4. The minimum atomic E-state index is -3.21. The number of nitrogens with one attached hydrogen (secondary N) is 3. The largest absolute Gasteiger partial charge is 0.452 e. The number of halogens is 3. The van der Waals surface area contributed by atoms with Gasteiger partial charge in [0.25, 0.3) is 11.8 Å². The van der Waals surface area contributed by atoms with Crippen molar-refractivity contribution in [2.45, 2.75) is 13.5 Å². The first-order chi connectivity index (χ1) is 18.1. The maximum Gasteiger partial charge on any atom is 0.425 e. The first kappa shape index (κ1) is 27.8. The lowest BCUT2D eigenvalue weighted by molar-refractivity contribution is -0.0530. The van der Waals surface area contributed by atoms with E-state index in [-0.39, 0.29) is 27.8 Å². The molecule has 13 nitrogen and oxygen atoms in total. The number of carbonyl (C=O) groups excluding carboxylic acids is 3. The van der Waals surface area contributed by atoms with E-state index in [4.69, 9.17) is 11.6 Å². The average molecular weight is 552 g/mol. The Morgan fingerprint density at radius 2 is 1.92 bits per heavy atom. The topological polar surface area (TPSA) is 158 Å². The second-order valence-corrected chi connectivity index (χ2v) is 7.58. The van der Waals surface area contributed by atoms with Crippen LogP contribution in [-0.4, -0.2) is 59.7 Å². The van der Waals surface area contributed by atoms with Gasteiger partial charge >= 0.3 is 12.7 Å². The van der Waals surface area contributed by atoms with E-state index >= 15 is 0 Å². The van der Waals surface area contributed by atoms with Gasteiger partial charge in [0.1, 0.15) is 12.8 Å². The molecule has 2 heterocycles. The van der Waals surface area contributed by atoms with Crippen LogP contribution in [0.15, 0.2) is 41.7 Å². The van der Waals surface area contributed by atoms with Gasteiger partial charge in [0, 0.05) is 12.3 Å². The van der Waals surface area contributed by atoms with E-state index in [0.717, 1.165) is 17.9 Å². The Kier molecular flexibility index (Phi) is 9.10. The predicted molar refractivity (Wildman–Crippen MR) is 130 cm³/mol. The van der Waals surface area contributed by atoms with Crippen molar-refractivity contribution in [3.05, 3.63) is 63.9 Å². The lowest BCUT2D eigenvalue weighted by Gasteiger charge is -2.16. The van der Waals surface area contributed by atoms with Crippen LogP contribution >= 0.6 is 11.6 Å². The zero-order valence-corrected chi connectivity index (χ0v) is 20.7. The van der Waals surface area contributed by atoms with Gasteiger partial charge in [-0.1, -0.05) is 16.8 Å². The third kappa shape index (κ3) is 6.70. The Hall–Kier alpha value is -4.79. The number of benzene rings is 1. The number of methoxy groups -OCH3 is 1. The summed E-state index contributed by atoms with van der Waals surface area (Å²) in [7, 11) is 2.43. The molecule has 16 heteroatoms. The molecule has 3 amide bonds. The van der Waals surface area contributed by atoms with Crippen LogP contribution in [-0.2, 0) is 9.57 Å². The fourth-order valence-electron chi connectivity index (χ4n) is 3.12. The fraction of sp³-hybridized carbons (Fsp3) is 0.182. The molecule has 0 aliphatic carbocycles. The summed E-state index contributed by atoms with van der Waals surface area (Å²) in [4.78, 5) is 46.4. The van der Waals surface area contributed by atoms with Crippen LogP contribution in [0.2, 0.25) is 5.02 Å². The summed E-state index contributed by atoms with van der Waals surface area (Å²) in [6.07, 6.45) is 1.73. The highest BCUT2D eigenvalue weighted by Gasteiger charge is 2.24. The molecule has 200 valence electrons. The molecule has 0 saturated carbocycles. The van der Waals surface area contributed by atoms with Crippen LogP contribution in [0.5, 0.6) is 5.88 Å². The Bertz CT molecular complexity index is 1380. The molecule has 3 aromatic rings. The Morgan fingerprint density at radius 3 is 2.58 bits per heavy atom. The summed E-state index contributed by atoms with van der Waals surface area (Å²) in [6, 6.07) is 6.89. The summed E-state index contributed by atoms with van der Waals surface area (Å²) >= 11 is 6.17. The predicted octanol–water partition coefficient (Wildman–Crippen LogP) is 3.06. The Labute approximate surface area is 218 Å². The number of hydrogen-bond acceptors (Lipinski definition) is 9. The van der Waals surface area contributed by atoms with E-state index in [2.05, 4.69) is 40.3 Å². The number of amides is 3. The van der Waals surface area contributed by atoms with Crippen molar-refractivity contribution in [1.29, 1.82) is 0 Å². The third-order valence-corrected chi connectivity index (χ3v) is 4.98. The first-order valence-electron chi connectivity index (χ1n) is 10.5. The van der Waals surface area contributed by atoms with Crippen LogP contribution in [0.4, 0.5) is 19.3 Å². The molecule has 1 aromatic carbocycles. The molecule has 0 saturated heterocycles. The van der Waals surface area contributed by atoms with E-state index in [1.807, 2.05) is 5.43 Å². The molecule has 0 unspecified atom stereocenters. The van der Waals surface area contributed by atoms with E-state index in [1.165, 1.54) is 37.7 Å². The Balaban J connectivity index is 2.05. The van der Waals surface area contributed by atoms with Crippen LogP contribution < -0.4 is 20.9 Å². The minimum Gasteiger partial charge on any atom is -0.452 e. The van der Waals surface area contributed by atoms with E-state index in [9.17, 15) is 23.2 Å². The molecule has 0 atom stereocenters. The highest BCUT2D eigenvalue weighted by molar-refractivity contribution is 6.32. The standard InChI is InChI=1S/C22H20ClF2N7O6/c1-11-7-12(10-27-37-3)8-13(19(33)29-30-22(35)36-2)17(11)28-20(34)15-9-16(38-21(24)25)31-32(15)18-14(23)5-4-6-26-18/h4-10,21H,1-3H3,(H,28,34)(H,29,33)(H,30,35). The lowest BCUT2D eigenvalue weighted by Crippen LogP contribution is -2.42. The van der Waals surface area contributed by atoms with Crippen LogP contribution in [0.1, 0.15) is 32.0 Å². The van der Waals surface area contributed by atoms with Crippen molar-refractivity contribution < 1.29 is 37.5 Å². The van der Waals surface area contributed by atoms with Crippen LogP contribution in [0.25, 0.3) is 5.82 Å². The number of nitrogens with zero attached hydrogens (tertiary/aromatic N) is 4. The molecule has 0 spiro atoms. The van der Waals surface area contributed by atoms with Gasteiger partial charge in [-0.05, 0) is 42.3 Å². The van der Waals surface area contributed by atoms with E-state index < -0.39 is 30.4 Å². The normalized spacial score (nSPS) is 10.8. The van der Waals surface area contributed by atoms with Gasteiger partial charge in [0.05, 0.1) is 29.6 Å². The van der Waals surface area contributed by atoms with E-state index in [1.54, 1.807) is 13.0 Å². The number of carbonyl (C=O) groups is 3. The molecule has 3 rings (SSSR count). The molecule has 0 aliphatic heterocycles. The van der Waals surface area contributed by atoms with Gasteiger partial charge in [0.2, 0.25) is 5.88 Å². The number of ether oxygens (including phenoxy) is 2. The number of rotatable bonds is 8. The average Bonchev–Trinajstić information content (AvgIpc) is 3.30. The summed E-state index contributed by atoms with van der Waals surface area (Å²) in [5.74, 6) is -2.31. The second kappa shape index (κ2) is 12.4. The number of aromatic nitrogens is 3. The minimum absolute atomic E-state index is 0.0185. The summed E-state index contributed by atoms with van der Waals surface area (Å²) in [5, 5.41) is 10.1. The number of pyridine rings is 1. The van der Waals surface area contributed by atoms with Gasteiger partial charge in [-0.3, -0.25) is 15.0 Å². The van der Waals surface area contributed by atoms with Crippen molar-refractivity contribution in [3.8, 4) is 11.7 Å². The van der Waals surface area contributed by atoms with Crippen molar-refractivity contribution in [3.63, 3.8) is 0 Å². The zero-order valence-electron chi connectivity index (χ0n) is 20.0. The number of hydrazine groups is 1. The lowest BCUT2D eigenvalue weighted by atomic mass is 10.0. The highest BCUT2D eigenvalue weighted by atomic mass is 35.5. The molecular formula is C22H20ClF2N7O6. The number of anilines is 1. The summed E-state index contributed by atoms with van der Waals surface area (Å²) < 4.78 is 35.4. The van der Waals surface area contributed by atoms with Gasteiger partial charge in [-0.15, -0.1) is 5.10 Å². The third-order valence-electron chi connectivity index (χ3n) is 4.68. The maximum absolute atomic E-state index is 13.4. The molecule has 2 aromatic heterocycles. The van der Waals surface area contributed by atoms with E-state index in [0.29, 0.717) is 11.1 Å². The Morgan fingerprint density at radius 1 is 1.16 bits per heavy atom. The number of oxime groups is 1. The molecule has 0 fully saturated rings. The monoisotopic (exact) mass is 551 g/mol. The molecule has 38 heavy (non-hydrogen) atoms. The SMILES string of the molecule is CON=Cc1cc(C)c(NC(=O)c2cc(OC(F)F)nn2-c2ncccc2Cl)c(C(=O)NNC(=O)OC)c1. The number of aryl methyl sites for hydroxylation is 1. The fourth-order valence-corrected chi connectivity index (χ4v) is 3.32. The first-order valence-corrected chi connectivity index (χ1v) is 10.8. The van der Waals surface area contributed by atoms with Gasteiger partial charge in [-0.25, -0.2) is 19.9 Å². The molecule has 0 aliphatic rings. The van der Waals surface area contributed by atoms with Crippen molar-refractivity contribution in [2.24, 2.45) is 5.16 Å². The molecule has 3 N–H and O–H groups in total. The van der Waals surface area contributed by atoms with Gasteiger partial charge in [0.15, 0.2) is 5.82 Å². The smallest absolute Gasteiger partial charge is 0.425 e. The molecule has 0 radical (unpaired) electrons. The van der Waals surface area contributed by atoms with Crippen molar-refractivity contribution in [1.82, 2.24) is 25.6 Å². The highest BCUT2D eigenvalue weighted by Crippen LogP contribution is 2.26. The van der Waals surface area contributed by atoms with Crippen LogP contribution in [0.3, 0.4) is 0 Å². The summed E-state index contributed by atoms with van der Waals surface area (Å²) in [6.45, 7) is -1.63. The van der Waals surface area contributed by atoms with Gasteiger partial charge in [-0.2, -0.15) is 8.78 Å².